The zero-order valence-electron chi connectivity index (χ0n) is 22.6. The van der Waals surface area contributed by atoms with E-state index >= 15 is 0 Å². The lowest BCUT2D eigenvalue weighted by molar-refractivity contribution is 0.690. The van der Waals surface area contributed by atoms with Gasteiger partial charge in [0, 0.05) is 50.6 Å². The van der Waals surface area contributed by atoms with Gasteiger partial charge in [0.2, 0.25) is 0 Å². The third-order valence-corrected chi connectivity index (χ3v) is 8.34. The van der Waals surface area contributed by atoms with Crippen molar-refractivity contribution in [3.63, 3.8) is 0 Å². The van der Waals surface area contributed by atoms with Crippen LogP contribution >= 0.6 is 0 Å². The van der Waals surface area contributed by atoms with Crippen molar-refractivity contribution in [3.8, 4) is 28.6 Å². The van der Waals surface area contributed by atoms with Gasteiger partial charge in [-0.2, -0.15) is 5.26 Å². The molecule has 0 radical (unpaired) electrons. The average Bonchev–Trinajstić information content (AvgIpc) is 3.54. The molecular weight excluding hydrogens is 500 g/mol. The fourth-order valence-corrected chi connectivity index (χ4v) is 6.52. The summed E-state index contributed by atoms with van der Waals surface area (Å²) in [5.41, 5.74) is 11.1. The molecular formula is C37H26N4. The maximum absolute atomic E-state index is 9.19. The van der Waals surface area contributed by atoms with E-state index in [9.17, 15) is 5.26 Å². The number of aromatic nitrogens is 3. The second-order valence-corrected chi connectivity index (χ2v) is 10.9. The Hall–Kier alpha value is -5.40. The molecule has 0 saturated carbocycles. The number of para-hydroxylation sites is 2. The summed E-state index contributed by atoms with van der Waals surface area (Å²) >= 11 is 0. The number of fused-ring (bicyclic) bond motifs is 7. The Bertz CT molecular complexity index is 2190. The summed E-state index contributed by atoms with van der Waals surface area (Å²) in [6.07, 6.45) is 7.44. The van der Waals surface area contributed by atoms with Crippen LogP contribution in [0.25, 0.3) is 61.3 Å². The first-order valence-electron chi connectivity index (χ1n) is 14.0. The van der Waals surface area contributed by atoms with Crippen LogP contribution in [0.3, 0.4) is 0 Å². The molecule has 0 N–H and O–H groups in total. The van der Waals surface area contributed by atoms with Crippen LogP contribution in [0.15, 0.2) is 115 Å². The first-order valence-corrected chi connectivity index (χ1v) is 14.0. The van der Waals surface area contributed by atoms with E-state index in [1.165, 1.54) is 44.0 Å². The molecule has 0 bridgehead atoms. The number of hydrogen-bond donors (Lipinski definition) is 0. The molecule has 194 valence electrons. The normalized spacial score (nSPS) is 14.5. The van der Waals surface area contributed by atoms with Gasteiger partial charge in [-0.25, -0.2) is 4.98 Å². The highest BCUT2D eigenvalue weighted by Gasteiger charge is 2.25. The molecule has 1 atom stereocenters. The quantitative estimate of drug-likeness (QED) is 0.231. The monoisotopic (exact) mass is 526 g/mol. The molecule has 4 nitrogen and oxygen atoms in total. The Morgan fingerprint density at radius 1 is 0.756 bits per heavy atom. The summed E-state index contributed by atoms with van der Waals surface area (Å²) in [7, 11) is 0. The fourth-order valence-electron chi connectivity index (χ4n) is 6.52. The summed E-state index contributed by atoms with van der Waals surface area (Å²) in [6.45, 7) is 2.29. The predicted octanol–water partition coefficient (Wildman–Crippen LogP) is 8.87. The highest BCUT2D eigenvalue weighted by Crippen LogP contribution is 2.43. The predicted molar refractivity (Wildman–Crippen MR) is 167 cm³/mol. The van der Waals surface area contributed by atoms with Gasteiger partial charge in [0.25, 0.3) is 0 Å². The van der Waals surface area contributed by atoms with Crippen molar-refractivity contribution in [3.05, 3.63) is 132 Å². The van der Waals surface area contributed by atoms with Crippen LogP contribution in [0, 0.1) is 17.2 Å². The van der Waals surface area contributed by atoms with Crippen LogP contribution in [0.1, 0.15) is 23.9 Å². The van der Waals surface area contributed by atoms with Gasteiger partial charge >= 0.3 is 0 Å². The van der Waals surface area contributed by atoms with Crippen LogP contribution in [0.5, 0.6) is 0 Å². The fraction of sp³-hybridized carbons (Fsp3) is 0.0811. The molecule has 41 heavy (non-hydrogen) atoms. The van der Waals surface area contributed by atoms with Gasteiger partial charge in [0.05, 0.1) is 16.6 Å². The Labute approximate surface area is 238 Å². The smallest absolute Gasteiger partial charge is 0.140 e. The summed E-state index contributed by atoms with van der Waals surface area (Å²) in [5.74, 6) is 0.451. The number of rotatable bonds is 3. The van der Waals surface area contributed by atoms with Gasteiger partial charge in [-0.15, -0.1) is 0 Å². The van der Waals surface area contributed by atoms with Crippen molar-refractivity contribution in [1.29, 1.82) is 5.26 Å². The molecule has 7 aromatic rings. The third kappa shape index (κ3) is 3.56. The molecule has 0 amide bonds. The summed E-state index contributed by atoms with van der Waals surface area (Å²) in [4.78, 5) is 4.31. The number of hydrogen-bond acceptors (Lipinski definition) is 2. The second kappa shape index (κ2) is 9.08. The van der Waals surface area contributed by atoms with E-state index in [0.29, 0.717) is 11.6 Å². The lowest BCUT2D eigenvalue weighted by Gasteiger charge is -2.17. The second-order valence-electron chi connectivity index (χ2n) is 10.9. The minimum absolute atomic E-state index is 0.425. The lowest BCUT2D eigenvalue weighted by atomic mass is 9.94. The molecule has 3 heterocycles. The van der Waals surface area contributed by atoms with E-state index in [1.54, 1.807) is 12.3 Å². The molecule has 4 aromatic carbocycles. The van der Waals surface area contributed by atoms with Gasteiger partial charge in [0.1, 0.15) is 11.8 Å². The van der Waals surface area contributed by atoms with E-state index in [2.05, 4.69) is 130 Å². The van der Waals surface area contributed by atoms with Crippen molar-refractivity contribution in [2.45, 2.75) is 13.3 Å². The first-order chi connectivity index (χ1) is 20.2. The molecule has 3 aromatic heterocycles. The van der Waals surface area contributed by atoms with Crippen molar-refractivity contribution in [2.75, 3.05) is 0 Å². The zero-order valence-corrected chi connectivity index (χ0v) is 22.6. The van der Waals surface area contributed by atoms with E-state index in [-0.39, 0.29) is 0 Å². The Kier molecular flexibility index (Phi) is 5.20. The Balaban J connectivity index is 1.47. The SMILES string of the molecule is CC1C=Cc2c(n(-c3cccc(-c4ccc(C#N)nc4)c3)c3ccc4c5ccccc5n(-c5ccccc5)c4c23)C1. The summed E-state index contributed by atoms with van der Waals surface area (Å²) in [5, 5.41) is 13.0. The van der Waals surface area contributed by atoms with E-state index in [1.807, 2.05) is 6.07 Å². The minimum Gasteiger partial charge on any atom is -0.313 e. The van der Waals surface area contributed by atoms with Crippen LogP contribution in [0.4, 0.5) is 0 Å². The molecule has 1 aliphatic carbocycles. The summed E-state index contributed by atoms with van der Waals surface area (Å²) in [6, 6.07) is 38.5. The number of allylic oxidation sites excluding steroid dienone is 1. The van der Waals surface area contributed by atoms with Crippen molar-refractivity contribution in [2.24, 2.45) is 5.92 Å². The largest absolute Gasteiger partial charge is 0.313 e. The highest BCUT2D eigenvalue weighted by molar-refractivity contribution is 6.20. The third-order valence-electron chi connectivity index (χ3n) is 8.34. The number of pyridine rings is 1. The van der Waals surface area contributed by atoms with Crippen LogP contribution in [0.2, 0.25) is 0 Å². The average molecular weight is 527 g/mol. The molecule has 1 aliphatic rings. The molecule has 4 heteroatoms. The maximum atomic E-state index is 9.19. The molecule has 0 aliphatic heterocycles. The maximum Gasteiger partial charge on any atom is 0.140 e. The minimum atomic E-state index is 0.425. The topological polar surface area (TPSA) is 46.5 Å². The first kappa shape index (κ1) is 23.5. The van der Waals surface area contributed by atoms with Gasteiger partial charge in [-0.3, -0.25) is 0 Å². The number of benzene rings is 4. The summed E-state index contributed by atoms with van der Waals surface area (Å²) < 4.78 is 4.89. The molecule has 0 saturated heterocycles. The van der Waals surface area contributed by atoms with Crippen LogP contribution in [-0.4, -0.2) is 14.1 Å². The van der Waals surface area contributed by atoms with Gasteiger partial charge in [0.15, 0.2) is 0 Å². The molecule has 0 fully saturated rings. The van der Waals surface area contributed by atoms with Gasteiger partial charge < -0.3 is 9.13 Å². The van der Waals surface area contributed by atoms with E-state index in [0.717, 1.165) is 28.9 Å². The Morgan fingerprint density at radius 3 is 2.41 bits per heavy atom. The number of nitriles is 1. The van der Waals surface area contributed by atoms with E-state index in [4.69, 9.17) is 0 Å². The molecule has 0 spiro atoms. The van der Waals surface area contributed by atoms with Crippen LogP contribution in [-0.2, 0) is 6.42 Å². The Morgan fingerprint density at radius 2 is 1.59 bits per heavy atom. The van der Waals surface area contributed by atoms with Gasteiger partial charge in [-0.05, 0) is 66.4 Å². The lowest BCUT2D eigenvalue weighted by Crippen LogP contribution is -2.08. The molecule has 1 unspecified atom stereocenters. The van der Waals surface area contributed by atoms with Gasteiger partial charge in [-0.1, -0.05) is 73.7 Å². The van der Waals surface area contributed by atoms with E-state index < -0.39 is 0 Å². The zero-order chi connectivity index (χ0) is 27.5. The standard InChI is InChI=1S/C37H26N4/c1-24-14-17-32-35(20-24)40(29-11-7-8-25(21-29)26-15-16-27(22-38)39-23-26)34-19-18-31-30-12-5-6-13-33(30)41(37(31)36(32)34)28-9-3-2-4-10-28/h2-19,21,23-24H,20H2,1H3. The van der Waals surface area contributed by atoms with Crippen molar-refractivity contribution in [1.82, 2.24) is 14.1 Å². The van der Waals surface area contributed by atoms with Crippen LogP contribution < -0.4 is 0 Å². The number of nitrogens with zero attached hydrogens (tertiary/aromatic N) is 4. The van der Waals surface area contributed by atoms with Crippen molar-refractivity contribution < 1.29 is 0 Å². The van der Waals surface area contributed by atoms with Crippen molar-refractivity contribution >= 4 is 38.8 Å². The highest BCUT2D eigenvalue weighted by atomic mass is 15.0. The molecule has 8 rings (SSSR count).